The van der Waals surface area contributed by atoms with E-state index >= 15 is 0 Å². The van der Waals surface area contributed by atoms with Gasteiger partial charge in [0.25, 0.3) is 0 Å². The van der Waals surface area contributed by atoms with Crippen molar-refractivity contribution in [3.8, 4) is 0 Å². The van der Waals surface area contributed by atoms with Crippen LogP contribution >= 0.6 is 0 Å². The van der Waals surface area contributed by atoms with Gasteiger partial charge in [0.15, 0.2) is 0 Å². The monoisotopic (exact) mass is 182 g/mol. The van der Waals surface area contributed by atoms with Crippen molar-refractivity contribution >= 4 is 11.7 Å². The summed E-state index contributed by atoms with van der Waals surface area (Å²) in [4.78, 5) is 15.6. The van der Waals surface area contributed by atoms with E-state index in [4.69, 9.17) is 4.74 Å². The Labute approximate surface area is 77.4 Å². The van der Waals surface area contributed by atoms with Crippen LogP contribution in [0.4, 0.5) is 0 Å². The van der Waals surface area contributed by atoms with E-state index in [1.165, 1.54) is 0 Å². The van der Waals surface area contributed by atoms with Crippen molar-refractivity contribution in [2.45, 2.75) is 38.3 Å². The molecule has 13 heavy (non-hydrogen) atoms. The van der Waals surface area contributed by atoms with E-state index in [2.05, 4.69) is 10.3 Å². The smallest absolute Gasteiger partial charge is 0.250 e. The fourth-order valence-corrected chi connectivity index (χ4v) is 1.70. The van der Waals surface area contributed by atoms with Crippen molar-refractivity contribution in [1.82, 2.24) is 5.32 Å². The van der Waals surface area contributed by atoms with E-state index in [-0.39, 0.29) is 18.1 Å². The zero-order chi connectivity index (χ0) is 9.26. The highest BCUT2D eigenvalue weighted by Crippen LogP contribution is 2.16. The van der Waals surface area contributed by atoms with Crippen LogP contribution in [0.5, 0.6) is 0 Å². The number of hydrogen-bond donors (Lipinski definition) is 1. The third-order valence-electron chi connectivity index (χ3n) is 2.47. The van der Waals surface area contributed by atoms with Crippen molar-refractivity contribution in [3.05, 3.63) is 0 Å². The molecule has 2 aliphatic heterocycles. The van der Waals surface area contributed by atoms with Crippen molar-refractivity contribution in [1.29, 1.82) is 0 Å². The Morgan fingerprint density at radius 1 is 1.69 bits per heavy atom. The maximum Gasteiger partial charge on any atom is 0.250 e. The van der Waals surface area contributed by atoms with Gasteiger partial charge < -0.3 is 10.1 Å². The van der Waals surface area contributed by atoms with E-state index in [9.17, 15) is 4.79 Å². The number of aliphatic imine (C=N–C) groups is 1. The molecule has 1 fully saturated rings. The fourth-order valence-electron chi connectivity index (χ4n) is 1.70. The maximum atomic E-state index is 11.3. The van der Waals surface area contributed by atoms with Crippen LogP contribution in [0.3, 0.4) is 0 Å². The Morgan fingerprint density at radius 2 is 2.54 bits per heavy atom. The standard InChI is InChI=1S/C9H14N2O2/c1-2-6-9(12)11-8(10-6)7-4-3-5-13-7/h6-7H,2-5H2,1H3,(H,10,11,12). The fraction of sp³-hybridized carbons (Fsp3) is 0.778. The number of amidine groups is 1. The third-order valence-corrected chi connectivity index (χ3v) is 2.47. The molecule has 4 nitrogen and oxygen atoms in total. The molecule has 0 radical (unpaired) electrons. The average molecular weight is 182 g/mol. The second kappa shape index (κ2) is 3.46. The summed E-state index contributed by atoms with van der Waals surface area (Å²) in [5.41, 5.74) is 0. The van der Waals surface area contributed by atoms with Crippen molar-refractivity contribution in [2.75, 3.05) is 6.61 Å². The molecule has 0 spiro atoms. The molecule has 1 N–H and O–H groups in total. The van der Waals surface area contributed by atoms with Crippen LogP contribution in [0, 0.1) is 0 Å². The van der Waals surface area contributed by atoms with Gasteiger partial charge in [0.1, 0.15) is 18.0 Å². The van der Waals surface area contributed by atoms with Gasteiger partial charge in [-0.1, -0.05) is 6.92 Å². The molecule has 0 bridgehead atoms. The minimum absolute atomic E-state index is 0.0213. The highest BCUT2D eigenvalue weighted by molar-refractivity contribution is 6.07. The maximum absolute atomic E-state index is 11.3. The van der Waals surface area contributed by atoms with Crippen LogP contribution in [-0.4, -0.2) is 30.5 Å². The number of carbonyl (C=O) groups is 1. The van der Waals surface area contributed by atoms with E-state index in [1.54, 1.807) is 0 Å². The van der Waals surface area contributed by atoms with Gasteiger partial charge >= 0.3 is 0 Å². The zero-order valence-electron chi connectivity index (χ0n) is 7.75. The molecule has 1 amide bonds. The van der Waals surface area contributed by atoms with Gasteiger partial charge in [-0.25, -0.2) is 0 Å². The Balaban J connectivity index is 2.04. The number of hydrogen-bond acceptors (Lipinski definition) is 3. The van der Waals surface area contributed by atoms with Crippen molar-refractivity contribution in [3.63, 3.8) is 0 Å². The minimum atomic E-state index is -0.181. The molecular weight excluding hydrogens is 168 g/mol. The molecule has 0 aliphatic carbocycles. The number of carbonyl (C=O) groups excluding carboxylic acids is 1. The normalized spacial score (nSPS) is 33.3. The van der Waals surface area contributed by atoms with Gasteiger partial charge in [-0.3, -0.25) is 9.79 Å². The van der Waals surface area contributed by atoms with E-state index in [0.717, 1.165) is 31.7 Å². The summed E-state index contributed by atoms with van der Waals surface area (Å²) < 4.78 is 5.43. The highest BCUT2D eigenvalue weighted by Gasteiger charge is 2.31. The molecule has 0 saturated carbocycles. The summed E-state index contributed by atoms with van der Waals surface area (Å²) in [6.45, 7) is 2.75. The quantitative estimate of drug-likeness (QED) is 0.675. The van der Waals surface area contributed by atoms with Gasteiger partial charge in [0.2, 0.25) is 5.91 Å². The number of rotatable bonds is 2. The average Bonchev–Trinajstić information content (AvgIpc) is 2.71. The molecule has 1 saturated heterocycles. The molecule has 2 heterocycles. The second-order valence-corrected chi connectivity index (χ2v) is 3.43. The van der Waals surface area contributed by atoms with Crippen LogP contribution in [0.25, 0.3) is 0 Å². The summed E-state index contributed by atoms with van der Waals surface area (Å²) in [7, 11) is 0. The molecule has 0 aromatic carbocycles. The first-order chi connectivity index (χ1) is 6.31. The Hall–Kier alpha value is -0.900. The van der Waals surface area contributed by atoms with Crippen LogP contribution in [0.2, 0.25) is 0 Å². The van der Waals surface area contributed by atoms with Gasteiger partial charge in [0, 0.05) is 6.61 Å². The summed E-state index contributed by atoms with van der Waals surface area (Å²) in [6, 6.07) is -0.181. The first kappa shape index (κ1) is 8.69. The van der Waals surface area contributed by atoms with Crippen LogP contribution in [-0.2, 0) is 9.53 Å². The third kappa shape index (κ3) is 1.58. The topological polar surface area (TPSA) is 50.7 Å². The second-order valence-electron chi connectivity index (χ2n) is 3.43. The number of nitrogens with one attached hydrogen (secondary N) is 1. The molecule has 0 aromatic rings. The lowest BCUT2D eigenvalue weighted by Crippen LogP contribution is -2.35. The Morgan fingerprint density at radius 3 is 3.08 bits per heavy atom. The molecular formula is C9H14N2O2. The highest BCUT2D eigenvalue weighted by atomic mass is 16.5. The van der Waals surface area contributed by atoms with Crippen LogP contribution in [0.1, 0.15) is 26.2 Å². The molecule has 2 atom stereocenters. The van der Waals surface area contributed by atoms with Gasteiger partial charge in [-0.05, 0) is 19.3 Å². The first-order valence-electron chi connectivity index (χ1n) is 4.81. The molecule has 72 valence electrons. The SMILES string of the molecule is CCC1N=C(C2CCCO2)NC1=O. The molecule has 2 rings (SSSR count). The molecule has 2 aliphatic rings. The van der Waals surface area contributed by atoms with Crippen LogP contribution in [0.15, 0.2) is 4.99 Å². The molecule has 4 heteroatoms. The van der Waals surface area contributed by atoms with E-state index in [0.29, 0.717) is 0 Å². The lowest BCUT2D eigenvalue weighted by atomic mass is 10.2. The number of amides is 1. The largest absolute Gasteiger partial charge is 0.370 e. The molecule has 0 aromatic heterocycles. The van der Waals surface area contributed by atoms with Gasteiger partial charge in [0.05, 0.1) is 0 Å². The minimum Gasteiger partial charge on any atom is -0.370 e. The summed E-state index contributed by atoms with van der Waals surface area (Å²) in [6.07, 6.45) is 2.86. The number of nitrogens with zero attached hydrogens (tertiary/aromatic N) is 1. The van der Waals surface area contributed by atoms with Gasteiger partial charge in [-0.2, -0.15) is 0 Å². The summed E-state index contributed by atoms with van der Waals surface area (Å²) >= 11 is 0. The van der Waals surface area contributed by atoms with Crippen LogP contribution < -0.4 is 5.32 Å². The number of ether oxygens (including phenoxy) is 1. The van der Waals surface area contributed by atoms with Crippen molar-refractivity contribution < 1.29 is 9.53 Å². The summed E-state index contributed by atoms with van der Waals surface area (Å²) in [5, 5.41) is 2.78. The lowest BCUT2D eigenvalue weighted by molar-refractivity contribution is -0.120. The van der Waals surface area contributed by atoms with Gasteiger partial charge in [-0.15, -0.1) is 0 Å². The van der Waals surface area contributed by atoms with Crippen molar-refractivity contribution in [2.24, 2.45) is 4.99 Å². The molecule has 2 unspecified atom stereocenters. The van der Waals surface area contributed by atoms with E-state index in [1.807, 2.05) is 6.92 Å². The predicted octanol–water partition coefficient (Wildman–Crippen LogP) is 0.472. The lowest BCUT2D eigenvalue weighted by Gasteiger charge is -2.07. The zero-order valence-corrected chi connectivity index (χ0v) is 7.75. The predicted molar refractivity (Wildman–Crippen MR) is 48.6 cm³/mol. The summed E-state index contributed by atoms with van der Waals surface area (Å²) in [5.74, 6) is 0.766. The Bertz CT molecular complexity index is 244. The van der Waals surface area contributed by atoms with E-state index < -0.39 is 0 Å². The Kier molecular flexibility index (Phi) is 2.31. The first-order valence-corrected chi connectivity index (χ1v) is 4.81.